The summed E-state index contributed by atoms with van der Waals surface area (Å²) in [5.41, 5.74) is 9.21. The van der Waals surface area contributed by atoms with Crippen molar-refractivity contribution in [3.8, 4) is 5.69 Å². The van der Waals surface area contributed by atoms with Crippen LogP contribution in [0.15, 0.2) is 135 Å². The van der Waals surface area contributed by atoms with Crippen molar-refractivity contribution in [2.24, 2.45) is 0 Å². The van der Waals surface area contributed by atoms with Crippen LogP contribution in [0.25, 0.3) is 77.9 Å². The molecule has 0 spiro atoms. The zero-order chi connectivity index (χ0) is 28.8. The third-order valence-corrected chi connectivity index (χ3v) is 8.21. The van der Waals surface area contributed by atoms with Crippen LogP contribution < -0.4 is 0 Å². The number of nitrogens with zero attached hydrogens (tertiary/aromatic N) is 2. The van der Waals surface area contributed by atoms with Gasteiger partial charge in [-0.25, -0.2) is 0 Å². The van der Waals surface area contributed by atoms with Gasteiger partial charge in [0, 0.05) is 27.7 Å². The molecule has 0 saturated heterocycles. The van der Waals surface area contributed by atoms with Gasteiger partial charge in [-0.1, -0.05) is 116 Å². The van der Waals surface area contributed by atoms with Gasteiger partial charge in [0.1, 0.15) is 0 Å². The summed E-state index contributed by atoms with van der Waals surface area (Å²) in [4.78, 5) is 0. The molecule has 0 radical (unpaired) electrons. The van der Waals surface area contributed by atoms with Gasteiger partial charge in [0.15, 0.2) is 0 Å². The largest absolute Gasteiger partial charge is 0.307 e. The molecular formula is C40H32N2. The lowest BCUT2D eigenvalue weighted by Gasteiger charge is -2.16. The Hall–Kier alpha value is -5.34. The van der Waals surface area contributed by atoms with Crippen LogP contribution in [0.1, 0.15) is 25.0 Å². The molecule has 0 N–H and O–H groups in total. The first-order valence-electron chi connectivity index (χ1n) is 14.4. The van der Waals surface area contributed by atoms with Crippen LogP contribution in [0.5, 0.6) is 0 Å². The van der Waals surface area contributed by atoms with Gasteiger partial charge >= 0.3 is 0 Å². The molecule has 7 aromatic rings. The van der Waals surface area contributed by atoms with Crippen molar-refractivity contribution in [1.82, 2.24) is 9.13 Å². The minimum atomic E-state index is 1.06. The molecule has 7 rings (SSSR count). The van der Waals surface area contributed by atoms with E-state index in [1.807, 2.05) is 12.2 Å². The third kappa shape index (κ3) is 3.65. The summed E-state index contributed by atoms with van der Waals surface area (Å²) in [6.07, 6.45) is 14.6. The fraction of sp³-hybridized carbons (Fsp3) is 0.0500. The highest BCUT2D eigenvalue weighted by molar-refractivity contribution is 6.30. The van der Waals surface area contributed by atoms with Crippen molar-refractivity contribution in [1.29, 1.82) is 0 Å². The Morgan fingerprint density at radius 1 is 0.667 bits per heavy atom. The molecule has 2 nitrogen and oxygen atoms in total. The van der Waals surface area contributed by atoms with E-state index in [1.54, 1.807) is 0 Å². The maximum absolute atomic E-state index is 4.27. The number of aromatic nitrogens is 2. The SMILES string of the molecule is C=C/C=C(\C=C/C)n1c2c(/C=C\C)c(C=C)c3ccccc3c2c2c1c1ccccc1n2-c1ccc2ccccc2c1. The van der Waals surface area contributed by atoms with Gasteiger partial charge in [-0.2, -0.15) is 0 Å². The maximum Gasteiger partial charge on any atom is 0.0810 e. The number of hydrogen-bond acceptors (Lipinski definition) is 0. The molecular weight excluding hydrogens is 508 g/mol. The zero-order valence-corrected chi connectivity index (χ0v) is 24.0. The molecule has 2 heterocycles. The van der Waals surface area contributed by atoms with E-state index in [2.05, 4.69) is 158 Å². The van der Waals surface area contributed by atoms with Crippen LogP contribution in [0, 0.1) is 0 Å². The van der Waals surface area contributed by atoms with Crippen molar-refractivity contribution >= 4 is 72.2 Å². The highest BCUT2D eigenvalue weighted by Gasteiger charge is 2.26. The Labute approximate surface area is 246 Å². The smallest absolute Gasteiger partial charge is 0.0810 e. The van der Waals surface area contributed by atoms with Gasteiger partial charge in [0.2, 0.25) is 0 Å². The van der Waals surface area contributed by atoms with Gasteiger partial charge < -0.3 is 9.13 Å². The minimum absolute atomic E-state index is 1.06. The molecule has 0 unspecified atom stereocenters. The van der Waals surface area contributed by atoms with E-state index < -0.39 is 0 Å². The normalized spacial score (nSPS) is 12.7. The molecule has 5 aromatic carbocycles. The number of hydrogen-bond donors (Lipinski definition) is 0. The highest BCUT2D eigenvalue weighted by Crippen LogP contribution is 2.46. The number of allylic oxidation sites excluding steroid dienone is 6. The van der Waals surface area contributed by atoms with E-state index in [1.165, 1.54) is 48.9 Å². The molecule has 202 valence electrons. The second-order valence-corrected chi connectivity index (χ2v) is 10.5. The molecule has 0 aliphatic carbocycles. The van der Waals surface area contributed by atoms with E-state index in [9.17, 15) is 0 Å². The lowest BCUT2D eigenvalue weighted by Crippen LogP contribution is -1.99. The number of benzene rings is 5. The average molecular weight is 541 g/mol. The van der Waals surface area contributed by atoms with Crippen LogP contribution in [0.4, 0.5) is 0 Å². The van der Waals surface area contributed by atoms with Gasteiger partial charge in [-0.15, -0.1) is 0 Å². The monoisotopic (exact) mass is 540 g/mol. The van der Waals surface area contributed by atoms with Crippen molar-refractivity contribution in [3.63, 3.8) is 0 Å². The van der Waals surface area contributed by atoms with Crippen LogP contribution in [0.3, 0.4) is 0 Å². The van der Waals surface area contributed by atoms with Crippen molar-refractivity contribution in [2.75, 3.05) is 0 Å². The Balaban J connectivity index is 1.84. The number of rotatable bonds is 6. The minimum Gasteiger partial charge on any atom is -0.307 e. The molecule has 0 aliphatic heterocycles. The van der Waals surface area contributed by atoms with Crippen molar-refractivity contribution in [2.45, 2.75) is 13.8 Å². The number of fused-ring (bicyclic) bond motifs is 8. The second kappa shape index (κ2) is 10.2. The maximum atomic E-state index is 4.27. The van der Waals surface area contributed by atoms with Crippen LogP contribution in [-0.2, 0) is 0 Å². The number of para-hydroxylation sites is 1. The Bertz CT molecular complexity index is 2300. The summed E-state index contributed by atoms with van der Waals surface area (Å²) in [6.45, 7) is 12.5. The quantitative estimate of drug-likeness (QED) is 0.186. The van der Waals surface area contributed by atoms with Crippen molar-refractivity contribution < 1.29 is 0 Å². The standard InChI is InChI=1S/C40H32N2/c1-5-15-29(16-6-2)42-38-34(17-7-3)31(8-4)32-20-11-12-21-33(32)37(38)40-39(42)35-22-13-14-23-36(35)41(40)30-25-24-27-18-9-10-19-28(27)26-30/h5-26H,1,4H2,2-3H3/b16-6-,17-7-,29-15+. The summed E-state index contributed by atoms with van der Waals surface area (Å²) in [6, 6.07) is 32.9. The van der Waals surface area contributed by atoms with E-state index in [4.69, 9.17) is 0 Å². The van der Waals surface area contributed by atoms with E-state index in [0.717, 1.165) is 28.0 Å². The second-order valence-electron chi connectivity index (χ2n) is 10.5. The third-order valence-electron chi connectivity index (χ3n) is 8.21. The summed E-state index contributed by atoms with van der Waals surface area (Å²) < 4.78 is 4.89. The fourth-order valence-corrected chi connectivity index (χ4v) is 6.63. The molecule has 42 heavy (non-hydrogen) atoms. The first-order chi connectivity index (χ1) is 20.7. The topological polar surface area (TPSA) is 9.86 Å². The molecule has 0 fully saturated rings. The van der Waals surface area contributed by atoms with Crippen molar-refractivity contribution in [3.05, 3.63) is 146 Å². The van der Waals surface area contributed by atoms with Gasteiger partial charge in [-0.3, -0.25) is 0 Å². The van der Waals surface area contributed by atoms with E-state index in [0.29, 0.717) is 0 Å². The summed E-state index contributed by atoms with van der Waals surface area (Å²) in [7, 11) is 0. The Kier molecular flexibility index (Phi) is 6.25. The van der Waals surface area contributed by atoms with Gasteiger partial charge in [0.05, 0.1) is 22.1 Å². The Morgan fingerprint density at radius 3 is 2.12 bits per heavy atom. The highest BCUT2D eigenvalue weighted by atomic mass is 15.1. The predicted octanol–water partition coefficient (Wildman–Crippen LogP) is 11.3. The zero-order valence-electron chi connectivity index (χ0n) is 24.0. The first-order valence-corrected chi connectivity index (χ1v) is 14.4. The summed E-state index contributed by atoms with van der Waals surface area (Å²) in [5, 5.41) is 7.29. The Morgan fingerprint density at radius 2 is 1.38 bits per heavy atom. The molecule has 0 amide bonds. The fourth-order valence-electron chi connectivity index (χ4n) is 6.63. The molecule has 0 aliphatic rings. The molecule has 0 saturated carbocycles. The predicted molar refractivity (Wildman–Crippen MR) is 185 cm³/mol. The molecule has 0 bridgehead atoms. The first kappa shape index (κ1) is 25.6. The summed E-state index contributed by atoms with van der Waals surface area (Å²) >= 11 is 0. The van der Waals surface area contributed by atoms with E-state index >= 15 is 0 Å². The lowest BCUT2D eigenvalue weighted by molar-refractivity contribution is 1.19. The van der Waals surface area contributed by atoms with Gasteiger partial charge in [-0.05, 0) is 71.3 Å². The average Bonchev–Trinajstić information content (AvgIpc) is 3.54. The molecule has 2 aromatic heterocycles. The van der Waals surface area contributed by atoms with Gasteiger partial charge in [0.25, 0.3) is 0 Å². The lowest BCUT2D eigenvalue weighted by atomic mass is 9.94. The van der Waals surface area contributed by atoms with Crippen LogP contribution >= 0.6 is 0 Å². The molecule has 2 heteroatoms. The van der Waals surface area contributed by atoms with Crippen LogP contribution in [0.2, 0.25) is 0 Å². The summed E-state index contributed by atoms with van der Waals surface area (Å²) in [5.74, 6) is 0. The van der Waals surface area contributed by atoms with Crippen LogP contribution in [-0.4, -0.2) is 9.13 Å². The molecule has 0 atom stereocenters. The van der Waals surface area contributed by atoms with E-state index in [-0.39, 0.29) is 0 Å².